The van der Waals surface area contributed by atoms with E-state index < -0.39 is 5.97 Å². The van der Waals surface area contributed by atoms with Gasteiger partial charge in [-0.25, -0.2) is 4.79 Å². The van der Waals surface area contributed by atoms with E-state index in [1.807, 2.05) is 0 Å². The third kappa shape index (κ3) is 2.34. The number of aromatic carboxylic acids is 1. The van der Waals surface area contributed by atoms with Crippen LogP contribution in [0.5, 0.6) is 5.75 Å². The zero-order chi connectivity index (χ0) is 11.6. The van der Waals surface area contributed by atoms with Gasteiger partial charge in [-0.15, -0.1) is 0 Å². The monoisotopic (exact) mass is 208 g/mol. The molecule has 0 spiro atoms. The second-order valence-electron chi connectivity index (χ2n) is 3.55. The highest BCUT2D eigenvalue weighted by molar-refractivity contribution is 6.06. The molecule has 0 atom stereocenters. The number of benzene rings is 1. The normalized spacial score (nSPS) is 10.3. The maximum atomic E-state index is 11.6. The predicted molar refractivity (Wildman–Crippen MR) is 54.2 cm³/mol. The highest BCUT2D eigenvalue weighted by atomic mass is 16.4. The zero-order valence-corrected chi connectivity index (χ0v) is 8.52. The van der Waals surface area contributed by atoms with E-state index in [0.29, 0.717) is 0 Å². The number of Topliss-reactive ketones (excluding diaryl/α,β-unsaturated/α-hetero) is 1. The quantitative estimate of drug-likeness (QED) is 0.744. The summed E-state index contributed by atoms with van der Waals surface area (Å²) in [4.78, 5) is 22.5. The standard InChI is InChI=1S/C11H12O4/c1-6(2)10(13)8-4-3-7(12)5-9(8)11(14)15/h3-6,12H,1-2H3,(H,14,15). The van der Waals surface area contributed by atoms with Crippen molar-refractivity contribution in [3.05, 3.63) is 29.3 Å². The zero-order valence-electron chi connectivity index (χ0n) is 8.52. The van der Waals surface area contributed by atoms with Gasteiger partial charge in [0.25, 0.3) is 0 Å². The van der Waals surface area contributed by atoms with E-state index in [4.69, 9.17) is 10.2 Å². The maximum absolute atomic E-state index is 11.6. The van der Waals surface area contributed by atoms with Crippen LogP contribution in [0.25, 0.3) is 0 Å². The van der Waals surface area contributed by atoms with Gasteiger partial charge in [0.05, 0.1) is 5.56 Å². The Hall–Kier alpha value is -1.84. The first-order chi connectivity index (χ1) is 6.93. The molecular weight excluding hydrogens is 196 g/mol. The molecule has 0 unspecified atom stereocenters. The first-order valence-corrected chi connectivity index (χ1v) is 4.54. The van der Waals surface area contributed by atoms with Gasteiger partial charge < -0.3 is 10.2 Å². The maximum Gasteiger partial charge on any atom is 0.336 e. The van der Waals surface area contributed by atoms with Crippen LogP contribution in [-0.4, -0.2) is 22.0 Å². The first-order valence-electron chi connectivity index (χ1n) is 4.54. The van der Waals surface area contributed by atoms with Crippen LogP contribution in [-0.2, 0) is 0 Å². The number of aromatic hydroxyl groups is 1. The van der Waals surface area contributed by atoms with Crippen LogP contribution < -0.4 is 0 Å². The van der Waals surface area contributed by atoms with E-state index in [2.05, 4.69) is 0 Å². The summed E-state index contributed by atoms with van der Waals surface area (Å²) in [6.45, 7) is 3.39. The number of hydrogen-bond acceptors (Lipinski definition) is 3. The molecule has 0 fully saturated rings. The third-order valence-corrected chi connectivity index (χ3v) is 2.02. The summed E-state index contributed by atoms with van der Waals surface area (Å²) in [6.07, 6.45) is 0. The molecule has 0 radical (unpaired) electrons. The van der Waals surface area contributed by atoms with Crippen molar-refractivity contribution in [3.8, 4) is 5.75 Å². The second-order valence-corrected chi connectivity index (χ2v) is 3.55. The van der Waals surface area contributed by atoms with Gasteiger partial charge in [-0.2, -0.15) is 0 Å². The molecule has 4 nitrogen and oxygen atoms in total. The van der Waals surface area contributed by atoms with Crippen LogP contribution in [0, 0.1) is 5.92 Å². The summed E-state index contributed by atoms with van der Waals surface area (Å²) in [5.74, 6) is -1.89. The van der Waals surface area contributed by atoms with Gasteiger partial charge in [0.15, 0.2) is 5.78 Å². The molecule has 0 saturated carbocycles. The Bertz CT molecular complexity index is 407. The van der Waals surface area contributed by atoms with Gasteiger partial charge in [-0.3, -0.25) is 4.79 Å². The number of carboxylic acids is 1. The summed E-state index contributed by atoms with van der Waals surface area (Å²) in [6, 6.07) is 3.72. The molecule has 4 heteroatoms. The average molecular weight is 208 g/mol. The van der Waals surface area contributed by atoms with E-state index in [9.17, 15) is 9.59 Å². The smallest absolute Gasteiger partial charge is 0.336 e. The fourth-order valence-electron chi connectivity index (χ4n) is 1.24. The molecule has 0 amide bonds. The van der Waals surface area contributed by atoms with Crippen LogP contribution in [0.15, 0.2) is 18.2 Å². The lowest BCUT2D eigenvalue weighted by Crippen LogP contribution is -2.13. The molecular formula is C11H12O4. The molecule has 0 aliphatic heterocycles. The lowest BCUT2D eigenvalue weighted by atomic mass is 9.96. The first kappa shape index (κ1) is 11.2. The van der Waals surface area contributed by atoms with Crippen LogP contribution in [0.1, 0.15) is 34.6 Å². The Labute approximate surface area is 87.2 Å². The largest absolute Gasteiger partial charge is 0.508 e. The Kier molecular flexibility index (Phi) is 3.09. The predicted octanol–water partition coefficient (Wildman–Crippen LogP) is 1.93. The van der Waals surface area contributed by atoms with Crippen LogP contribution >= 0.6 is 0 Å². The lowest BCUT2D eigenvalue weighted by molar-refractivity contribution is 0.0690. The molecule has 0 heterocycles. The third-order valence-electron chi connectivity index (χ3n) is 2.02. The molecule has 1 aromatic carbocycles. The molecule has 0 aliphatic rings. The Morgan fingerprint density at radius 2 is 1.80 bits per heavy atom. The van der Waals surface area contributed by atoms with Gasteiger partial charge >= 0.3 is 5.97 Å². The number of phenolic OH excluding ortho intramolecular Hbond substituents is 1. The van der Waals surface area contributed by atoms with E-state index in [1.165, 1.54) is 12.1 Å². The number of ketones is 1. The number of rotatable bonds is 3. The molecule has 80 valence electrons. The molecule has 1 rings (SSSR count). The number of carbonyl (C=O) groups excluding carboxylic acids is 1. The van der Waals surface area contributed by atoms with Crippen molar-refractivity contribution >= 4 is 11.8 Å². The van der Waals surface area contributed by atoms with E-state index in [-0.39, 0.29) is 28.6 Å². The highest BCUT2D eigenvalue weighted by Crippen LogP contribution is 2.19. The van der Waals surface area contributed by atoms with Crippen molar-refractivity contribution < 1.29 is 19.8 Å². The molecule has 2 N–H and O–H groups in total. The number of carboxylic acid groups (broad SMARTS) is 1. The highest BCUT2D eigenvalue weighted by Gasteiger charge is 2.19. The number of carbonyl (C=O) groups is 2. The average Bonchev–Trinajstić information content (AvgIpc) is 2.16. The molecule has 0 bridgehead atoms. The minimum absolute atomic E-state index is 0.135. The summed E-state index contributed by atoms with van der Waals surface area (Å²) >= 11 is 0. The minimum atomic E-state index is -1.21. The summed E-state index contributed by atoms with van der Waals surface area (Å²) in [5, 5.41) is 18.0. The molecule has 1 aromatic rings. The fraction of sp³-hybridized carbons (Fsp3) is 0.273. The van der Waals surface area contributed by atoms with Crippen molar-refractivity contribution in [1.82, 2.24) is 0 Å². The van der Waals surface area contributed by atoms with E-state index >= 15 is 0 Å². The van der Waals surface area contributed by atoms with Gasteiger partial charge in [-0.1, -0.05) is 13.8 Å². The van der Waals surface area contributed by atoms with Gasteiger partial charge in [0.2, 0.25) is 0 Å². The molecule has 15 heavy (non-hydrogen) atoms. The Morgan fingerprint density at radius 3 is 2.27 bits per heavy atom. The molecule has 0 aliphatic carbocycles. The summed E-state index contributed by atoms with van der Waals surface area (Å²) in [7, 11) is 0. The van der Waals surface area contributed by atoms with E-state index in [0.717, 1.165) is 6.07 Å². The SMILES string of the molecule is CC(C)C(=O)c1ccc(O)cc1C(=O)O. The minimum Gasteiger partial charge on any atom is -0.508 e. The van der Waals surface area contributed by atoms with Crippen molar-refractivity contribution in [2.24, 2.45) is 5.92 Å². The van der Waals surface area contributed by atoms with Crippen molar-refractivity contribution in [2.75, 3.05) is 0 Å². The van der Waals surface area contributed by atoms with Crippen molar-refractivity contribution in [2.45, 2.75) is 13.8 Å². The van der Waals surface area contributed by atoms with Gasteiger partial charge in [0, 0.05) is 11.5 Å². The number of hydrogen-bond donors (Lipinski definition) is 2. The van der Waals surface area contributed by atoms with Crippen LogP contribution in [0.4, 0.5) is 0 Å². The van der Waals surface area contributed by atoms with Crippen LogP contribution in [0.2, 0.25) is 0 Å². The molecule has 0 aromatic heterocycles. The van der Waals surface area contributed by atoms with Crippen molar-refractivity contribution in [3.63, 3.8) is 0 Å². The van der Waals surface area contributed by atoms with E-state index in [1.54, 1.807) is 13.8 Å². The summed E-state index contributed by atoms with van der Waals surface area (Å²) < 4.78 is 0. The Morgan fingerprint density at radius 1 is 1.20 bits per heavy atom. The topological polar surface area (TPSA) is 74.6 Å². The number of phenols is 1. The van der Waals surface area contributed by atoms with Gasteiger partial charge in [0.1, 0.15) is 5.75 Å². The fourth-order valence-corrected chi connectivity index (χ4v) is 1.24. The Balaban J connectivity index is 3.29. The van der Waals surface area contributed by atoms with Crippen molar-refractivity contribution in [1.29, 1.82) is 0 Å². The van der Waals surface area contributed by atoms with Gasteiger partial charge in [-0.05, 0) is 18.2 Å². The second kappa shape index (κ2) is 4.13. The molecule has 0 saturated heterocycles. The summed E-state index contributed by atoms with van der Waals surface area (Å²) in [5.41, 5.74) is -0.0241. The lowest BCUT2D eigenvalue weighted by Gasteiger charge is -2.07. The van der Waals surface area contributed by atoms with Crippen LogP contribution in [0.3, 0.4) is 0 Å².